The van der Waals surface area contributed by atoms with Crippen LogP contribution in [0.4, 0.5) is 16.2 Å². The Labute approximate surface area is 335 Å². The number of carbonyl (C=O) groups is 1. The molecule has 0 atom stereocenters. The van der Waals surface area contributed by atoms with Crippen molar-refractivity contribution in [3.05, 3.63) is 142 Å². The molecule has 0 fully saturated rings. The van der Waals surface area contributed by atoms with Crippen molar-refractivity contribution in [2.75, 3.05) is 46.2 Å². The first-order chi connectivity index (χ1) is 26.8. The summed E-state index contributed by atoms with van der Waals surface area (Å²) in [7, 11) is 7.87. The van der Waals surface area contributed by atoms with Gasteiger partial charge in [0.25, 0.3) is 0 Å². The number of anilines is 1. The molecule has 6 rings (SSSR count). The zero-order valence-electron chi connectivity index (χ0n) is 35.7. The molecule has 0 spiro atoms. The summed E-state index contributed by atoms with van der Waals surface area (Å²) >= 11 is 0. The van der Waals surface area contributed by atoms with Crippen LogP contribution in [-0.2, 0) is 15.6 Å². The SMILES string of the molecule is CCN(C)C(=O)N(CC)/C(OC)=C(\C)C1=C(/C=C/CC(C)(C)c2c([NH2+]C)ccc3ccccc23)CCC/C1=C\C=C1\N(C)c2ccc3ccccc3c2C1(C)C. The lowest BCUT2D eigenvalue weighted by atomic mass is 9.77. The van der Waals surface area contributed by atoms with Crippen LogP contribution in [0.2, 0.25) is 0 Å². The van der Waals surface area contributed by atoms with Gasteiger partial charge in [-0.05, 0) is 120 Å². The van der Waals surface area contributed by atoms with Gasteiger partial charge in [-0.2, -0.15) is 0 Å². The first-order valence-electron chi connectivity index (χ1n) is 20.5. The number of carbonyl (C=O) groups excluding carboxylic acids is 1. The van der Waals surface area contributed by atoms with Gasteiger partial charge in [0.1, 0.15) is 5.69 Å². The fourth-order valence-corrected chi connectivity index (χ4v) is 9.28. The average molecular weight is 752 g/mol. The first-order valence-corrected chi connectivity index (χ1v) is 20.5. The standard InChI is InChI=1S/C50H62N4O2/c1-12-52(9)48(55)54(13-2)47(56-11)34(3)44-37(24-19-33-49(4,5)45-39-25-16-14-20-35(39)27-30-41(45)51-8)22-18-23-38(44)29-32-43-50(6,7)46-40-26-17-15-21-36(40)28-31-42(46)53(43)10/h14-17,19-21,24-32,51H,12-13,18,22-23,33H2,1-11H3/p+1/b24-19+,38-29+,43-32+,47-34-. The molecule has 2 amide bonds. The molecule has 294 valence electrons. The highest BCUT2D eigenvalue weighted by Gasteiger charge is 2.39. The second kappa shape index (κ2) is 16.6. The largest absolute Gasteiger partial charge is 0.482 e. The molecule has 0 bridgehead atoms. The van der Waals surface area contributed by atoms with E-state index in [0.29, 0.717) is 19.0 Å². The number of amides is 2. The predicted molar refractivity (Wildman–Crippen MR) is 236 cm³/mol. The number of nitrogens with zero attached hydrogens (tertiary/aromatic N) is 3. The van der Waals surface area contributed by atoms with Crippen LogP contribution >= 0.6 is 0 Å². The van der Waals surface area contributed by atoms with E-state index in [0.717, 1.165) is 31.3 Å². The lowest BCUT2D eigenvalue weighted by Crippen LogP contribution is -2.73. The van der Waals surface area contributed by atoms with Crippen molar-refractivity contribution in [2.24, 2.45) is 0 Å². The highest BCUT2D eigenvalue weighted by atomic mass is 16.5. The molecular formula is C50H63N4O2+. The topological polar surface area (TPSA) is 52.6 Å². The number of rotatable bonds is 11. The summed E-state index contributed by atoms with van der Waals surface area (Å²) in [5.41, 5.74) is 11.0. The second-order valence-electron chi connectivity index (χ2n) is 16.6. The number of quaternary nitrogens is 1. The van der Waals surface area contributed by atoms with Crippen LogP contribution in [-0.4, -0.2) is 57.2 Å². The lowest BCUT2D eigenvalue weighted by molar-refractivity contribution is -0.540. The maximum atomic E-state index is 13.7. The lowest BCUT2D eigenvalue weighted by Gasteiger charge is -2.31. The molecule has 0 saturated carbocycles. The summed E-state index contributed by atoms with van der Waals surface area (Å²) in [5, 5.41) is 7.41. The van der Waals surface area contributed by atoms with Crippen molar-refractivity contribution < 1.29 is 14.8 Å². The van der Waals surface area contributed by atoms with Gasteiger partial charge in [0.15, 0.2) is 0 Å². The maximum Gasteiger partial charge on any atom is 0.326 e. The summed E-state index contributed by atoms with van der Waals surface area (Å²) in [6.07, 6.45) is 13.3. The van der Waals surface area contributed by atoms with Crippen molar-refractivity contribution in [2.45, 2.75) is 85.0 Å². The van der Waals surface area contributed by atoms with Crippen molar-refractivity contribution >= 4 is 39.0 Å². The smallest absolute Gasteiger partial charge is 0.326 e. The van der Waals surface area contributed by atoms with Crippen molar-refractivity contribution in [3.8, 4) is 0 Å². The van der Waals surface area contributed by atoms with Crippen LogP contribution in [0.1, 0.15) is 85.3 Å². The number of allylic oxidation sites excluding steroid dienone is 9. The summed E-state index contributed by atoms with van der Waals surface area (Å²) < 4.78 is 6.17. The summed E-state index contributed by atoms with van der Waals surface area (Å²) in [5.74, 6) is 0.607. The number of benzene rings is 4. The minimum atomic E-state index is -0.190. The minimum Gasteiger partial charge on any atom is -0.482 e. The van der Waals surface area contributed by atoms with Gasteiger partial charge in [-0.1, -0.05) is 101 Å². The Bertz CT molecular complexity index is 2280. The summed E-state index contributed by atoms with van der Waals surface area (Å²) in [6.45, 7) is 16.7. The van der Waals surface area contributed by atoms with E-state index < -0.39 is 0 Å². The fourth-order valence-electron chi connectivity index (χ4n) is 9.28. The number of likely N-dealkylation sites (N-methyl/N-ethyl adjacent to an activating group) is 1. The van der Waals surface area contributed by atoms with Crippen LogP contribution in [0.3, 0.4) is 0 Å². The van der Waals surface area contributed by atoms with Gasteiger partial charge in [-0.25, -0.2) is 4.79 Å². The number of methoxy groups -OCH3 is 1. The number of fused-ring (bicyclic) bond motifs is 4. The molecule has 6 heteroatoms. The monoisotopic (exact) mass is 751 g/mol. The van der Waals surface area contributed by atoms with E-state index in [1.807, 2.05) is 20.9 Å². The Morgan fingerprint density at radius 2 is 1.59 bits per heavy atom. The number of nitrogens with two attached hydrogens (primary N) is 1. The molecule has 56 heavy (non-hydrogen) atoms. The third kappa shape index (κ3) is 7.44. The summed E-state index contributed by atoms with van der Waals surface area (Å²) in [4.78, 5) is 19.6. The molecule has 0 saturated heterocycles. The quantitative estimate of drug-likeness (QED) is 0.123. The normalized spacial score (nSPS) is 17.7. The van der Waals surface area contributed by atoms with Crippen LogP contribution in [0.5, 0.6) is 0 Å². The molecular weight excluding hydrogens is 689 g/mol. The van der Waals surface area contributed by atoms with Crippen LogP contribution in [0.15, 0.2) is 131 Å². The van der Waals surface area contributed by atoms with E-state index in [1.165, 1.54) is 66.5 Å². The molecule has 6 nitrogen and oxygen atoms in total. The molecule has 4 aromatic carbocycles. The van der Waals surface area contributed by atoms with E-state index in [-0.39, 0.29) is 16.9 Å². The second-order valence-corrected chi connectivity index (χ2v) is 16.6. The van der Waals surface area contributed by atoms with Gasteiger partial charge in [0.05, 0.1) is 14.2 Å². The van der Waals surface area contributed by atoms with Crippen LogP contribution in [0, 0.1) is 0 Å². The zero-order valence-corrected chi connectivity index (χ0v) is 35.7. The Balaban J connectivity index is 1.47. The van der Waals surface area contributed by atoms with E-state index in [2.05, 4.69) is 156 Å². The molecule has 0 unspecified atom stereocenters. The van der Waals surface area contributed by atoms with Gasteiger partial charge in [0.2, 0.25) is 5.88 Å². The van der Waals surface area contributed by atoms with E-state index >= 15 is 0 Å². The van der Waals surface area contributed by atoms with Crippen LogP contribution < -0.4 is 10.2 Å². The van der Waals surface area contributed by atoms with Gasteiger partial charge in [-0.15, -0.1) is 0 Å². The molecule has 2 N–H and O–H groups in total. The number of hydrogen-bond donors (Lipinski definition) is 1. The molecule has 1 heterocycles. The predicted octanol–water partition coefficient (Wildman–Crippen LogP) is 11.0. The summed E-state index contributed by atoms with van der Waals surface area (Å²) in [6, 6.07) is 26.4. The Hall–Kier alpha value is -5.07. The molecule has 0 aromatic heterocycles. The molecule has 0 radical (unpaired) electrons. The van der Waals surface area contributed by atoms with E-state index in [1.54, 1.807) is 16.9 Å². The van der Waals surface area contributed by atoms with Crippen molar-refractivity contribution in [1.29, 1.82) is 0 Å². The van der Waals surface area contributed by atoms with Gasteiger partial charge >= 0.3 is 6.03 Å². The molecule has 1 aliphatic heterocycles. The van der Waals surface area contributed by atoms with Crippen molar-refractivity contribution in [3.63, 3.8) is 0 Å². The van der Waals surface area contributed by atoms with Gasteiger partial charge in [-0.3, -0.25) is 4.90 Å². The highest BCUT2D eigenvalue weighted by Crippen LogP contribution is 2.50. The Morgan fingerprint density at radius 3 is 2.25 bits per heavy atom. The number of urea groups is 1. The third-order valence-corrected chi connectivity index (χ3v) is 12.3. The van der Waals surface area contributed by atoms with E-state index in [9.17, 15) is 4.79 Å². The van der Waals surface area contributed by atoms with Crippen molar-refractivity contribution in [1.82, 2.24) is 9.80 Å². The molecule has 1 aliphatic carbocycles. The highest BCUT2D eigenvalue weighted by molar-refractivity contribution is 5.95. The van der Waals surface area contributed by atoms with Gasteiger partial charge in [0, 0.05) is 55.1 Å². The Kier molecular flexibility index (Phi) is 12.0. The zero-order chi connectivity index (χ0) is 40.4. The molecule has 4 aromatic rings. The minimum absolute atomic E-state index is 0.0629. The number of hydrogen-bond acceptors (Lipinski definition) is 3. The maximum absolute atomic E-state index is 13.7. The number of ether oxygens (including phenoxy) is 1. The average Bonchev–Trinajstić information content (AvgIpc) is 3.40. The van der Waals surface area contributed by atoms with Gasteiger partial charge < -0.3 is 19.9 Å². The molecule has 2 aliphatic rings. The third-order valence-electron chi connectivity index (χ3n) is 12.3. The fraction of sp³-hybridized carbons (Fsp3) is 0.380. The van der Waals surface area contributed by atoms with Crippen LogP contribution in [0.25, 0.3) is 21.5 Å². The first kappa shape index (κ1) is 40.6. The van der Waals surface area contributed by atoms with E-state index in [4.69, 9.17) is 4.74 Å². The Morgan fingerprint density at radius 1 is 0.929 bits per heavy atom.